The quantitative estimate of drug-likeness (QED) is 0.748. The van der Waals surface area contributed by atoms with Crippen LogP contribution in [0.4, 0.5) is 0 Å². The van der Waals surface area contributed by atoms with Crippen molar-refractivity contribution in [1.29, 1.82) is 0 Å². The van der Waals surface area contributed by atoms with E-state index in [0.717, 1.165) is 42.9 Å². The number of hydrogen-bond donors (Lipinski definition) is 1. The molecule has 0 amide bonds. The lowest BCUT2D eigenvalue weighted by Crippen LogP contribution is -2.63. The summed E-state index contributed by atoms with van der Waals surface area (Å²) in [5, 5.41) is 3.42. The minimum Gasteiger partial charge on any atom is -0.470 e. The van der Waals surface area contributed by atoms with Crippen LogP contribution in [0.1, 0.15) is 30.0 Å². The molecule has 1 saturated heterocycles. The molecule has 0 bridgehead atoms. The Hall–Kier alpha value is -1.72. The lowest BCUT2D eigenvalue weighted by atomic mass is 9.93. The fourth-order valence-corrected chi connectivity index (χ4v) is 4.56. The Bertz CT molecular complexity index is 921. The molecular weight excluding hydrogens is 381 g/mol. The topological polar surface area (TPSA) is 27.7 Å². The van der Waals surface area contributed by atoms with Crippen LogP contribution in [-0.2, 0) is 0 Å². The molecule has 1 atom stereocenters. The maximum Gasteiger partial charge on any atom is 0.182 e. The van der Waals surface area contributed by atoms with Crippen LogP contribution in [0.25, 0.3) is 5.70 Å². The third-order valence-electron chi connectivity index (χ3n) is 5.82. The highest BCUT2D eigenvalue weighted by Crippen LogP contribution is 2.48. The van der Waals surface area contributed by atoms with E-state index in [-0.39, 0.29) is 11.8 Å². The van der Waals surface area contributed by atoms with E-state index >= 15 is 0 Å². The van der Waals surface area contributed by atoms with Crippen molar-refractivity contribution in [3.05, 3.63) is 69.7 Å². The second kappa shape index (κ2) is 6.42. The minimum atomic E-state index is -0.347. The number of halogens is 2. The van der Waals surface area contributed by atoms with E-state index in [1.807, 2.05) is 24.3 Å². The van der Waals surface area contributed by atoms with Gasteiger partial charge < -0.3 is 15.1 Å². The molecule has 27 heavy (non-hydrogen) atoms. The standard InChI is InChI=1S/C21H21Cl2N3O/c1-25-10-8-21(9-11-25)26-19(15-4-2-3-5-20(15)27-21)13-18(24-26)14-6-7-16(22)17(23)12-14/h2-7,12-13,19,24H,8-11H2,1H3/t19-/m1/s1. The second-order valence-electron chi connectivity index (χ2n) is 7.53. The predicted molar refractivity (Wildman–Crippen MR) is 109 cm³/mol. The molecule has 3 aliphatic heterocycles. The van der Waals surface area contributed by atoms with Gasteiger partial charge in [-0.15, -0.1) is 0 Å². The van der Waals surface area contributed by atoms with Crippen molar-refractivity contribution in [2.45, 2.75) is 24.6 Å². The number of likely N-dealkylation sites (tertiary alicyclic amines) is 1. The average Bonchev–Trinajstić information content (AvgIpc) is 3.13. The van der Waals surface area contributed by atoms with Crippen LogP contribution in [0.2, 0.25) is 10.0 Å². The van der Waals surface area contributed by atoms with E-state index in [2.05, 4.69) is 46.7 Å². The highest BCUT2D eigenvalue weighted by atomic mass is 35.5. The Morgan fingerprint density at radius 3 is 2.63 bits per heavy atom. The number of para-hydroxylation sites is 1. The number of ether oxygens (including phenoxy) is 1. The summed E-state index contributed by atoms with van der Waals surface area (Å²) in [5.41, 5.74) is 6.53. The molecule has 6 heteroatoms. The lowest BCUT2D eigenvalue weighted by Gasteiger charge is -2.51. The molecule has 0 saturated carbocycles. The SMILES string of the molecule is CN1CCC2(CC1)Oc1ccccc1[C@H]1C=C(c3ccc(Cl)c(Cl)c3)NN12. The maximum atomic E-state index is 6.61. The Morgan fingerprint density at radius 2 is 1.85 bits per heavy atom. The summed E-state index contributed by atoms with van der Waals surface area (Å²) < 4.78 is 6.61. The molecule has 2 aromatic carbocycles. The van der Waals surface area contributed by atoms with Crippen molar-refractivity contribution < 1.29 is 4.74 Å². The monoisotopic (exact) mass is 401 g/mol. The van der Waals surface area contributed by atoms with Gasteiger partial charge >= 0.3 is 0 Å². The molecule has 3 aliphatic rings. The van der Waals surface area contributed by atoms with E-state index < -0.39 is 0 Å². The van der Waals surface area contributed by atoms with Crippen molar-refractivity contribution in [3.63, 3.8) is 0 Å². The number of hydrazine groups is 1. The average molecular weight is 402 g/mol. The second-order valence-corrected chi connectivity index (χ2v) is 8.34. The largest absolute Gasteiger partial charge is 0.470 e. The summed E-state index contributed by atoms with van der Waals surface area (Å²) in [6.45, 7) is 2.02. The first-order chi connectivity index (χ1) is 13.1. The summed E-state index contributed by atoms with van der Waals surface area (Å²) in [7, 11) is 2.16. The molecule has 0 aromatic heterocycles. The van der Waals surface area contributed by atoms with E-state index in [4.69, 9.17) is 27.9 Å². The third kappa shape index (κ3) is 2.83. The Morgan fingerprint density at radius 1 is 1.07 bits per heavy atom. The van der Waals surface area contributed by atoms with Gasteiger partial charge in [-0.25, -0.2) is 0 Å². The summed E-state index contributed by atoms with van der Waals surface area (Å²) in [4.78, 5) is 2.35. The fraction of sp³-hybridized carbons (Fsp3) is 0.333. The van der Waals surface area contributed by atoms with E-state index in [1.165, 1.54) is 5.56 Å². The van der Waals surface area contributed by atoms with Crippen molar-refractivity contribution in [1.82, 2.24) is 15.3 Å². The van der Waals surface area contributed by atoms with Crippen molar-refractivity contribution in [2.24, 2.45) is 0 Å². The molecule has 1 spiro atoms. The van der Waals surface area contributed by atoms with Gasteiger partial charge in [-0.3, -0.25) is 0 Å². The first-order valence-electron chi connectivity index (χ1n) is 9.25. The van der Waals surface area contributed by atoms with Crippen LogP contribution in [0.15, 0.2) is 48.5 Å². The van der Waals surface area contributed by atoms with Gasteiger partial charge in [-0.1, -0.05) is 47.5 Å². The van der Waals surface area contributed by atoms with E-state index in [9.17, 15) is 0 Å². The normalized spacial score (nSPS) is 24.0. The predicted octanol–water partition coefficient (Wildman–Crippen LogP) is 4.71. The van der Waals surface area contributed by atoms with E-state index in [0.29, 0.717) is 10.0 Å². The Labute approximate surface area is 169 Å². The number of nitrogens with zero attached hydrogens (tertiary/aromatic N) is 2. The number of benzene rings is 2. The van der Waals surface area contributed by atoms with Crippen LogP contribution >= 0.6 is 23.2 Å². The molecule has 1 N–H and O–H groups in total. The summed E-state index contributed by atoms with van der Waals surface area (Å²) in [6.07, 6.45) is 4.16. The minimum absolute atomic E-state index is 0.128. The number of rotatable bonds is 1. The molecule has 4 nitrogen and oxygen atoms in total. The summed E-state index contributed by atoms with van der Waals surface area (Å²) >= 11 is 12.4. The molecular formula is C21H21Cl2N3O. The van der Waals surface area contributed by atoms with Crippen LogP contribution in [0, 0.1) is 0 Å². The number of hydrogen-bond acceptors (Lipinski definition) is 4. The molecule has 0 radical (unpaired) electrons. The van der Waals surface area contributed by atoms with Crippen molar-refractivity contribution in [3.8, 4) is 5.75 Å². The van der Waals surface area contributed by atoms with Gasteiger partial charge in [0.25, 0.3) is 0 Å². The van der Waals surface area contributed by atoms with Crippen LogP contribution in [0.5, 0.6) is 5.75 Å². The van der Waals surface area contributed by atoms with Gasteiger partial charge in [-0.2, -0.15) is 5.01 Å². The molecule has 5 rings (SSSR count). The molecule has 1 fully saturated rings. The van der Waals surface area contributed by atoms with Gasteiger partial charge in [0.15, 0.2) is 5.72 Å². The molecule has 3 heterocycles. The molecule has 0 unspecified atom stereocenters. The first-order valence-corrected chi connectivity index (χ1v) is 10.0. The third-order valence-corrected chi connectivity index (χ3v) is 6.56. The van der Waals surface area contributed by atoms with Gasteiger partial charge in [0.2, 0.25) is 0 Å². The van der Waals surface area contributed by atoms with Crippen molar-refractivity contribution >= 4 is 28.9 Å². The zero-order valence-corrected chi connectivity index (χ0v) is 16.6. The van der Waals surface area contributed by atoms with Gasteiger partial charge in [0.05, 0.1) is 21.8 Å². The highest BCUT2D eigenvalue weighted by Gasteiger charge is 2.51. The van der Waals surface area contributed by atoms with Crippen molar-refractivity contribution in [2.75, 3.05) is 20.1 Å². The smallest absolute Gasteiger partial charge is 0.182 e. The maximum absolute atomic E-state index is 6.61. The number of fused-ring (bicyclic) bond motifs is 4. The zero-order valence-electron chi connectivity index (χ0n) is 15.1. The molecule has 2 aromatic rings. The van der Waals surface area contributed by atoms with Gasteiger partial charge in [0.1, 0.15) is 5.75 Å². The fourth-order valence-electron chi connectivity index (χ4n) is 4.26. The highest BCUT2D eigenvalue weighted by molar-refractivity contribution is 6.42. The van der Waals surface area contributed by atoms with Crippen LogP contribution in [-0.4, -0.2) is 35.8 Å². The lowest BCUT2D eigenvalue weighted by molar-refractivity contribution is -0.157. The Balaban J connectivity index is 1.57. The van der Waals surface area contributed by atoms with Gasteiger partial charge in [0, 0.05) is 37.1 Å². The van der Waals surface area contributed by atoms with E-state index in [1.54, 1.807) is 0 Å². The first kappa shape index (κ1) is 17.4. The summed E-state index contributed by atoms with van der Waals surface area (Å²) in [6, 6.07) is 14.2. The van der Waals surface area contributed by atoms with Gasteiger partial charge in [-0.05, 0) is 31.3 Å². The zero-order chi connectivity index (χ0) is 18.6. The number of piperidine rings is 1. The Kier molecular flexibility index (Phi) is 4.13. The molecule has 140 valence electrons. The van der Waals surface area contributed by atoms with Crippen LogP contribution in [0.3, 0.4) is 0 Å². The summed E-state index contributed by atoms with van der Waals surface area (Å²) in [5.74, 6) is 0.983. The number of nitrogens with one attached hydrogen (secondary N) is 1. The molecule has 0 aliphatic carbocycles. The van der Waals surface area contributed by atoms with Crippen LogP contribution < -0.4 is 10.2 Å².